The molecule has 4 aromatic rings. The van der Waals surface area contributed by atoms with Crippen molar-refractivity contribution in [3.8, 4) is 11.4 Å². The lowest BCUT2D eigenvalue weighted by atomic mass is 10.1. The summed E-state index contributed by atoms with van der Waals surface area (Å²) in [5, 5.41) is 14.3. The molecule has 0 saturated carbocycles. The fourth-order valence-corrected chi connectivity index (χ4v) is 4.46. The van der Waals surface area contributed by atoms with Crippen LogP contribution in [0.25, 0.3) is 11.4 Å². The smallest absolute Gasteiger partial charge is 0.231 e. The van der Waals surface area contributed by atoms with Crippen molar-refractivity contribution in [2.45, 2.75) is 11.2 Å². The molecule has 1 amide bonds. The number of benzene rings is 1. The molecule has 0 spiro atoms. The second-order valence-corrected chi connectivity index (χ2v) is 8.24. The van der Waals surface area contributed by atoms with Gasteiger partial charge in [-0.3, -0.25) is 9.78 Å². The number of amides is 1. The first-order chi connectivity index (χ1) is 14.2. The van der Waals surface area contributed by atoms with E-state index in [4.69, 9.17) is 0 Å². The van der Waals surface area contributed by atoms with Crippen molar-refractivity contribution < 1.29 is 4.79 Å². The third-order valence-corrected chi connectivity index (χ3v) is 6.31. The quantitative estimate of drug-likeness (QED) is 0.458. The highest BCUT2D eigenvalue weighted by molar-refractivity contribution is 7.99. The van der Waals surface area contributed by atoms with Crippen molar-refractivity contribution in [2.24, 2.45) is 7.05 Å². The van der Waals surface area contributed by atoms with Crippen molar-refractivity contribution in [1.82, 2.24) is 25.1 Å². The molecule has 0 saturated heterocycles. The van der Waals surface area contributed by atoms with Gasteiger partial charge in [-0.25, -0.2) is 0 Å². The van der Waals surface area contributed by atoms with E-state index in [9.17, 15) is 4.79 Å². The average Bonchev–Trinajstić information content (AvgIpc) is 3.42. The number of nitrogens with zero attached hydrogens (tertiary/aromatic N) is 4. The van der Waals surface area contributed by atoms with E-state index in [1.54, 1.807) is 23.7 Å². The molecule has 0 bridgehead atoms. The molecule has 1 atom stereocenters. The second kappa shape index (κ2) is 9.02. The minimum Gasteiger partial charge on any atom is -0.344 e. The zero-order chi connectivity index (χ0) is 20.1. The largest absolute Gasteiger partial charge is 0.344 e. The molecule has 1 aromatic carbocycles. The Balaban J connectivity index is 1.44. The molecule has 0 aliphatic carbocycles. The SMILES string of the molecule is Cn1c(SCC(=O)N[C@@H](c2ccccc2)c2cccs2)nnc1-c1cccnc1. The number of hydrogen-bond acceptors (Lipinski definition) is 6. The Kier molecular flexibility index (Phi) is 6.02. The molecule has 6 nitrogen and oxygen atoms in total. The van der Waals surface area contributed by atoms with Gasteiger partial charge in [0.05, 0.1) is 11.8 Å². The van der Waals surface area contributed by atoms with E-state index in [-0.39, 0.29) is 17.7 Å². The molecule has 1 N–H and O–H groups in total. The van der Waals surface area contributed by atoms with Crippen LogP contribution in [0.5, 0.6) is 0 Å². The number of aromatic nitrogens is 4. The normalized spacial score (nSPS) is 11.9. The lowest BCUT2D eigenvalue weighted by molar-refractivity contribution is -0.119. The van der Waals surface area contributed by atoms with Crippen LogP contribution < -0.4 is 5.32 Å². The molecule has 8 heteroatoms. The highest BCUT2D eigenvalue weighted by Crippen LogP contribution is 2.27. The van der Waals surface area contributed by atoms with Crippen LogP contribution in [0.2, 0.25) is 0 Å². The first-order valence-electron chi connectivity index (χ1n) is 9.02. The summed E-state index contributed by atoms with van der Waals surface area (Å²) in [6.45, 7) is 0. The van der Waals surface area contributed by atoms with Gasteiger partial charge in [-0.15, -0.1) is 21.5 Å². The summed E-state index contributed by atoms with van der Waals surface area (Å²) in [7, 11) is 1.89. The lowest BCUT2D eigenvalue weighted by Gasteiger charge is -2.18. The number of carbonyl (C=O) groups excluding carboxylic acids is 1. The van der Waals surface area contributed by atoms with Gasteiger partial charge < -0.3 is 9.88 Å². The van der Waals surface area contributed by atoms with Crippen LogP contribution in [-0.2, 0) is 11.8 Å². The van der Waals surface area contributed by atoms with Gasteiger partial charge in [0.15, 0.2) is 11.0 Å². The molecular formula is C21H19N5OS2. The molecule has 4 rings (SSSR count). The third kappa shape index (κ3) is 4.55. The van der Waals surface area contributed by atoms with Crippen molar-refractivity contribution in [1.29, 1.82) is 0 Å². The third-order valence-electron chi connectivity index (χ3n) is 4.35. The minimum atomic E-state index is -0.158. The topological polar surface area (TPSA) is 72.7 Å². The Morgan fingerprint density at radius 2 is 2.00 bits per heavy atom. The molecule has 0 aliphatic heterocycles. The maximum Gasteiger partial charge on any atom is 0.231 e. The Hall–Kier alpha value is -2.97. The Morgan fingerprint density at radius 3 is 2.72 bits per heavy atom. The average molecular weight is 422 g/mol. The fourth-order valence-electron chi connectivity index (χ4n) is 2.94. The van der Waals surface area contributed by atoms with E-state index >= 15 is 0 Å². The van der Waals surface area contributed by atoms with E-state index in [1.165, 1.54) is 11.8 Å². The van der Waals surface area contributed by atoms with Crippen LogP contribution in [0.3, 0.4) is 0 Å². The molecule has 146 valence electrons. The molecule has 0 unspecified atom stereocenters. The molecule has 3 aromatic heterocycles. The maximum atomic E-state index is 12.7. The molecule has 29 heavy (non-hydrogen) atoms. The van der Waals surface area contributed by atoms with Gasteiger partial charge in [-0.05, 0) is 29.1 Å². The summed E-state index contributed by atoms with van der Waals surface area (Å²) >= 11 is 3.00. The Bertz CT molecular complexity index is 1070. The number of nitrogens with one attached hydrogen (secondary N) is 1. The van der Waals surface area contributed by atoms with Crippen LogP contribution in [0, 0.1) is 0 Å². The van der Waals surface area contributed by atoms with Gasteiger partial charge in [0.25, 0.3) is 0 Å². The van der Waals surface area contributed by atoms with Crippen molar-refractivity contribution >= 4 is 29.0 Å². The number of thioether (sulfide) groups is 1. The van der Waals surface area contributed by atoms with Gasteiger partial charge in [0, 0.05) is 29.9 Å². The first-order valence-corrected chi connectivity index (χ1v) is 10.9. The zero-order valence-electron chi connectivity index (χ0n) is 15.7. The summed E-state index contributed by atoms with van der Waals surface area (Å²) in [5.41, 5.74) is 1.95. The van der Waals surface area contributed by atoms with E-state index in [0.29, 0.717) is 5.16 Å². The molecule has 3 heterocycles. The number of pyridine rings is 1. The van der Waals surface area contributed by atoms with E-state index in [1.807, 2.05) is 71.6 Å². The number of thiophene rings is 1. The van der Waals surface area contributed by atoms with Crippen molar-refractivity contribution in [3.63, 3.8) is 0 Å². The first kappa shape index (κ1) is 19.4. The van der Waals surface area contributed by atoms with E-state index in [0.717, 1.165) is 21.8 Å². The number of rotatable bonds is 7. The fraction of sp³-hybridized carbons (Fsp3) is 0.143. The monoisotopic (exact) mass is 421 g/mol. The zero-order valence-corrected chi connectivity index (χ0v) is 17.4. The van der Waals surface area contributed by atoms with Crippen LogP contribution in [0.1, 0.15) is 16.5 Å². The lowest BCUT2D eigenvalue weighted by Crippen LogP contribution is -2.30. The second-order valence-electron chi connectivity index (χ2n) is 6.32. The molecule has 0 aliphatic rings. The van der Waals surface area contributed by atoms with E-state index in [2.05, 4.69) is 20.5 Å². The summed E-state index contributed by atoms with van der Waals surface area (Å²) in [4.78, 5) is 17.9. The summed E-state index contributed by atoms with van der Waals surface area (Å²) in [5.74, 6) is 0.929. The molecule has 0 fully saturated rings. The number of hydrogen-bond donors (Lipinski definition) is 1. The van der Waals surface area contributed by atoms with Crippen LogP contribution >= 0.6 is 23.1 Å². The Morgan fingerprint density at radius 1 is 1.14 bits per heavy atom. The molecular weight excluding hydrogens is 402 g/mol. The maximum absolute atomic E-state index is 12.7. The van der Waals surface area contributed by atoms with Crippen molar-refractivity contribution in [3.05, 3.63) is 82.8 Å². The van der Waals surface area contributed by atoms with Crippen LogP contribution in [0.15, 0.2) is 77.5 Å². The van der Waals surface area contributed by atoms with Gasteiger partial charge >= 0.3 is 0 Å². The predicted molar refractivity (Wildman–Crippen MR) is 116 cm³/mol. The van der Waals surface area contributed by atoms with Gasteiger partial charge in [0.1, 0.15) is 0 Å². The highest BCUT2D eigenvalue weighted by atomic mass is 32.2. The summed E-state index contributed by atoms with van der Waals surface area (Å²) in [6, 6.07) is 17.7. The van der Waals surface area contributed by atoms with Gasteiger partial charge in [0.2, 0.25) is 5.91 Å². The number of carbonyl (C=O) groups is 1. The van der Waals surface area contributed by atoms with Gasteiger partial charge in [-0.1, -0.05) is 48.2 Å². The van der Waals surface area contributed by atoms with Crippen LogP contribution in [-0.4, -0.2) is 31.4 Å². The van der Waals surface area contributed by atoms with Crippen molar-refractivity contribution in [2.75, 3.05) is 5.75 Å². The summed E-state index contributed by atoms with van der Waals surface area (Å²) in [6.07, 6.45) is 3.47. The van der Waals surface area contributed by atoms with Gasteiger partial charge in [-0.2, -0.15) is 0 Å². The Labute approximate surface area is 177 Å². The molecule has 0 radical (unpaired) electrons. The van der Waals surface area contributed by atoms with Crippen LogP contribution in [0.4, 0.5) is 0 Å². The standard InChI is InChI=1S/C21H19N5OS2/c1-26-20(16-9-5-11-22-13-16)24-25-21(26)29-14-18(27)23-19(17-10-6-12-28-17)15-7-3-2-4-8-15/h2-13,19H,14H2,1H3,(H,23,27)/t19-/m0/s1. The minimum absolute atomic E-state index is 0.0526. The highest BCUT2D eigenvalue weighted by Gasteiger charge is 2.19. The summed E-state index contributed by atoms with van der Waals surface area (Å²) < 4.78 is 1.88. The predicted octanol–water partition coefficient (Wildman–Crippen LogP) is 3.94. The van der Waals surface area contributed by atoms with E-state index < -0.39 is 0 Å².